The Balaban J connectivity index is 1.42. The van der Waals surface area contributed by atoms with Crippen molar-refractivity contribution in [2.24, 2.45) is 0 Å². The molecule has 1 aliphatic rings. The molecule has 0 fully saturated rings. The van der Waals surface area contributed by atoms with Crippen molar-refractivity contribution < 1.29 is 23.8 Å². The van der Waals surface area contributed by atoms with Crippen molar-refractivity contribution in [2.45, 2.75) is 24.8 Å². The van der Waals surface area contributed by atoms with Crippen LogP contribution in [0.25, 0.3) is 11.1 Å². The minimum atomic E-state index is -1.29. The number of alkyl carbamates (subject to hydrolysis) is 1. The van der Waals surface area contributed by atoms with E-state index < -0.39 is 18.1 Å². The number of fused-ring (bicyclic) bond motifs is 3. The zero-order chi connectivity index (χ0) is 21.8. The number of aliphatic carboxylic acids is 1. The van der Waals surface area contributed by atoms with Crippen LogP contribution in [-0.4, -0.2) is 24.7 Å². The average Bonchev–Trinajstić information content (AvgIpc) is 3.07. The first-order chi connectivity index (χ1) is 15.0. The highest BCUT2D eigenvalue weighted by Gasteiger charge is 2.29. The second-order valence-corrected chi connectivity index (χ2v) is 7.57. The normalized spacial score (nSPS) is 13.2. The molecule has 31 heavy (non-hydrogen) atoms. The number of benzene rings is 3. The number of carbonyl (C=O) groups is 2. The fraction of sp³-hybridized carbons (Fsp3) is 0.200. The molecule has 0 saturated carbocycles. The van der Waals surface area contributed by atoms with E-state index in [1.54, 1.807) is 12.1 Å². The van der Waals surface area contributed by atoms with Crippen LogP contribution >= 0.6 is 0 Å². The van der Waals surface area contributed by atoms with E-state index in [2.05, 4.69) is 5.32 Å². The van der Waals surface area contributed by atoms with Gasteiger partial charge in [0, 0.05) is 24.3 Å². The number of carboxylic acid groups (broad SMARTS) is 1. The molecule has 4 rings (SSSR count). The Morgan fingerprint density at radius 3 is 2.10 bits per heavy atom. The lowest BCUT2D eigenvalue weighted by Crippen LogP contribution is -2.41. The van der Waals surface area contributed by atoms with Gasteiger partial charge in [-0.25, -0.2) is 9.18 Å². The standard InChI is InChI=1S/C25H22FNO4/c26-17-11-9-16(10-12-17)13-18(14-24(28)29)27-25(30)31-15-23-21-7-3-1-5-19(21)20-6-2-4-8-22(20)23/h1-12,18,23H,13-15H2,(H,27,30)(H,28,29)/p-1/t18-/m1/s1. The van der Waals surface area contributed by atoms with Crippen molar-refractivity contribution in [3.05, 3.63) is 95.3 Å². The lowest BCUT2D eigenvalue weighted by molar-refractivity contribution is -0.306. The van der Waals surface area contributed by atoms with Gasteiger partial charge < -0.3 is 20.0 Å². The van der Waals surface area contributed by atoms with Gasteiger partial charge in [-0.05, 0) is 46.4 Å². The van der Waals surface area contributed by atoms with Gasteiger partial charge in [0.05, 0.1) is 0 Å². The Labute approximate surface area is 179 Å². The molecule has 1 N–H and O–H groups in total. The van der Waals surface area contributed by atoms with Crippen LogP contribution in [0.5, 0.6) is 0 Å². The van der Waals surface area contributed by atoms with Crippen molar-refractivity contribution in [1.82, 2.24) is 5.32 Å². The topological polar surface area (TPSA) is 78.5 Å². The molecule has 3 aromatic carbocycles. The van der Waals surface area contributed by atoms with Crippen LogP contribution in [-0.2, 0) is 16.0 Å². The van der Waals surface area contributed by atoms with Crippen LogP contribution < -0.4 is 10.4 Å². The van der Waals surface area contributed by atoms with E-state index >= 15 is 0 Å². The van der Waals surface area contributed by atoms with Crippen LogP contribution in [0.3, 0.4) is 0 Å². The SMILES string of the molecule is O=C([O-])C[C@@H](Cc1ccc(F)cc1)NC(=O)OCC1c2ccccc2-c2ccccc21. The van der Waals surface area contributed by atoms with Crippen molar-refractivity contribution in [1.29, 1.82) is 0 Å². The summed E-state index contributed by atoms with van der Waals surface area (Å²) >= 11 is 0. The molecule has 0 aromatic heterocycles. The number of carboxylic acids is 1. The molecule has 158 valence electrons. The Kier molecular flexibility index (Phi) is 5.98. The highest BCUT2D eigenvalue weighted by atomic mass is 19.1. The largest absolute Gasteiger partial charge is 0.550 e. The average molecular weight is 418 g/mol. The van der Waals surface area contributed by atoms with Gasteiger partial charge in [-0.3, -0.25) is 0 Å². The first-order valence-corrected chi connectivity index (χ1v) is 10.1. The summed E-state index contributed by atoms with van der Waals surface area (Å²) in [6.07, 6.45) is -0.852. The van der Waals surface area contributed by atoms with Gasteiger partial charge in [0.2, 0.25) is 0 Å². The molecule has 0 saturated heterocycles. The van der Waals surface area contributed by atoms with Gasteiger partial charge in [-0.15, -0.1) is 0 Å². The molecule has 0 bridgehead atoms. The second-order valence-electron chi connectivity index (χ2n) is 7.57. The maximum Gasteiger partial charge on any atom is 0.407 e. The van der Waals surface area contributed by atoms with E-state index in [9.17, 15) is 19.1 Å². The Morgan fingerprint density at radius 1 is 0.935 bits per heavy atom. The van der Waals surface area contributed by atoms with Crippen LogP contribution in [0.15, 0.2) is 72.8 Å². The highest BCUT2D eigenvalue weighted by Crippen LogP contribution is 2.44. The van der Waals surface area contributed by atoms with Crippen molar-refractivity contribution in [3.8, 4) is 11.1 Å². The summed E-state index contributed by atoms with van der Waals surface area (Å²) in [7, 11) is 0. The predicted octanol–water partition coefficient (Wildman–Crippen LogP) is 3.42. The van der Waals surface area contributed by atoms with E-state index in [0.29, 0.717) is 5.56 Å². The molecule has 0 unspecified atom stereocenters. The monoisotopic (exact) mass is 418 g/mol. The number of amides is 1. The minimum absolute atomic E-state index is 0.0881. The van der Waals surface area contributed by atoms with E-state index in [4.69, 9.17) is 4.74 Å². The van der Waals surface area contributed by atoms with Crippen LogP contribution in [0.2, 0.25) is 0 Å². The van der Waals surface area contributed by atoms with E-state index in [0.717, 1.165) is 22.3 Å². The van der Waals surface area contributed by atoms with Crippen LogP contribution in [0.4, 0.5) is 9.18 Å². The maximum atomic E-state index is 13.1. The molecule has 0 aliphatic heterocycles. The van der Waals surface area contributed by atoms with Crippen molar-refractivity contribution in [2.75, 3.05) is 6.61 Å². The molecule has 1 aliphatic carbocycles. The molecule has 5 nitrogen and oxygen atoms in total. The summed E-state index contributed by atoms with van der Waals surface area (Å²) in [5.41, 5.74) is 5.13. The third kappa shape index (κ3) is 4.74. The number of carbonyl (C=O) groups excluding carboxylic acids is 2. The van der Waals surface area contributed by atoms with Gasteiger partial charge in [0.15, 0.2) is 0 Å². The van der Waals surface area contributed by atoms with Gasteiger partial charge >= 0.3 is 6.09 Å². The van der Waals surface area contributed by atoms with Crippen LogP contribution in [0, 0.1) is 5.82 Å². The number of hydrogen-bond acceptors (Lipinski definition) is 4. The highest BCUT2D eigenvalue weighted by molar-refractivity contribution is 5.79. The van der Waals surface area contributed by atoms with Gasteiger partial charge in [-0.2, -0.15) is 0 Å². The Bertz CT molecular complexity index is 1050. The molecule has 0 radical (unpaired) electrons. The number of hydrogen-bond donors (Lipinski definition) is 1. The predicted molar refractivity (Wildman–Crippen MR) is 112 cm³/mol. The first kappa shape index (κ1) is 20.6. The summed E-state index contributed by atoms with van der Waals surface area (Å²) in [6, 6.07) is 21.0. The summed E-state index contributed by atoms with van der Waals surface area (Å²) in [6.45, 7) is 0.133. The van der Waals surface area contributed by atoms with E-state index in [1.807, 2.05) is 48.5 Å². The van der Waals surface area contributed by atoms with Crippen molar-refractivity contribution >= 4 is 12.1 Å². The summed E-state index contributed by atoms with van der Waals surface area (Å²) in [4.78, 5) is 23.6. The second kappa shape index (κ2) is 9.00. The number of ether oxygens (including phenoxy) is 1. The smallest absolute Gasteiger partial charge is 0.407 e. The Morgan fingerprint density at radius 2 is 1.52 bits per heavy atom. The lowest BCUT2D eigenvalue weighted by atomic mass is 9.98. The molecule has 1 amide bonds. The third-order valence-corrected chi connectivity index (χ3v) is 5.47. The molecule has 3 aromatic rings. The number of nitrogens with one attached hydrogen (secondary N) is 1. The first-order valence-electron chi connectivity index (χ1n) is 10.1. The molecular formula is C25H21FNO4-. The number of rotatable bonds is 7. The van der Waals surface area contributed by atoms with Gasteiger partial charge in [0.1, 0.15) is 12.4 Å². The zero-order valence-corrected chi connectivity index (χ0v) is 16.7. The van der Waals surface area contributed by atoms with Gasteiger partial charge in [0.25, 0.3) is 0 Å². The summed E-state index contributed by atoms with van der Waals surface area (Å²) < 4.78 is 18.6. The minimum Gasteiger partial charge on any atom is -0.550 e. The fourth-order valence-corrected chi connectivity index (χ4v) is 4.09. The third-order valence-electron chi connectivity index (χ3n) is 5.47. The van der Waals surface area contributed by atoms with E-state index in [1.165, 1.54) is 12.1 Å². The molecule has 6 heteroatoms. The summed E-state index contributed by atoms with van der Waals surface area (Å²) in [5.74, 6) is -1.76. The quantitative estimate of drug-likeness (QED) is 0.638. The fourth-order valence-electron chi connectivity index (χ4n) is 4.09. The van der Waals surface area contributed by atoms with E-state index in [-0.39, 0.29) is 31.2 Å². The zero-order valence-electron chi connectivity index (χ0n) is 16.7. The van der Waals surface area contributed by atoms with Gasteiger partial charge in [-0.1, -0.05) is 60.7 Å². The van der Waals surface area contributed by atoms with Crippen molar-refractivity contribution in [3.63, 3.8) is 0 Å². The molecule has 0 heterocycles. The molecular weight excluding hydrogens is 397 g/mol. The van der Waals surface area contributed by atoms with Crippen LogP contribution in [0.1, 0.15) is 29.0 Å². The molecule has 1 atom stereocenters. The summed E-state index contributed by atoms with van der Waals surface area (Å²) in [5, 5.41) is 13.7. The molecule has 0 spiro atoms. The Hall–Kier alpha value is -3.67. The number of halogens is 1. The maximum absolute atomic E-state index is 13.1. The lowest BCUT2D eigenvalue weighted by Gasteiger charge is -2.20.